The molecule has 1 fully saturated rings. The van der Waals surface area contributed by atoms with E-state index < -0.39 is 23.4 Å². The third-order valence-corrected chi connectivity index (χ3v) is 8.06. The first-order chi connectivity index (χ1) is 20.0. The minimum Gasteiger partial charge on any atom is -0.611 e. The van der Waals surface area contributed by atoms with Crippen molar-refractivity contribution in [1.29, 1.82) is 0 Å². The number of aldehydes is 1. The molecular weight excluding hydrogens is 573 g/mol. The van der Waals surface area contributed by atoms with Gasteiger partial charge in [-0.25, -0.2) is 24.9 Å². The predicted molar refractivity (Wildman–Crippen MR) is 151 cm³/mol. The Kier molecular flexibility index (Phi) is 9.61. The number of aryl methyl sites for hydroxylation is 1. The fourth-order valence-corrected chi connectivity index (χ4v) is 4.81. The highest BCUT2D eigenvalue weighted by Crippen LogP contribution is 2.46. The van der Waals surface area contributed by atoms with Gasteiger partial charge in [0.05, 0.1) is 36.9 Å². The number of nitrogens with one attached hydrogen (secondary N) is 1. The van der Waals surface area contributed by atoms with E-state index in [1.807, 2.05) is 0 Å². The van der Waals surface area contributed by atoms with E-state index in [2.05, 4.69) is 35.2 Å². The summed E-state index contributed by atoms with van der Waals surface area (Å²) in [6.07, 6.45) is 0.530. The molecule has 0 saturated heterocycles. The molecule has 0 radical (unpaired) electrons. The molecule has 1 aliphatic carbocycles. The normalized spacial score (nSPS) is 15.2. The van der Waals surface area contributed by atoms with Crippen LogP contribution in [0.5, 0.6) is 5.88 Å². The van der Waals surface area contributed by atoms with Crippen LogP contribution in [0, 0.1) is 6.92 Å². The zero-order chi connectivity index (χ0) is 30.6. The molecule has 4 rings (SSSR count). The van der Waals surface area contributed by atoms with E-state index in [0.29, 0.717) is 33.9 Å². The number of anilines is 1. The lowest BCUT2D eigenvalue weighted by Gasteiger charge is -2.29. The Labute approximate surface area is 244 Å². The van der Waals surface area contributed by atoms with Gasteiger partial charge in [0.25, 0.3) is 0 Å². The maximum absolute atomic E-state index is 13.8. The molecule has 0 aromatic carbocycles. The fraction of sp³-hybridized carbons (Fsp3) is 0.444. The Balaban J connectivity index is 1.76. The van der Waals surface area contributed by atoms with Crippen LogP contribution in [0.2, 0.25) is 0 Å². The van der Waals surface area contributed by atoms with E-state index in [0.717, 1.165) is 24.7 Å². The highest BCUT2D eigenvalue weighted by molar-refractivity contribution is 7.91. The van der Waals surface area contributed by atoms with Gasteiger partial charge in [0.15, 0.2) is 28.7 Å². The largest absolute Gasteiger partial charge is 0.611 e. The zero-order valence-corrected chi connectivity index (χ0v) is 24.6. The Morgan fingerprint density at radius 2 is 2.02 bits per heavy atom. The third-order valence-electron chi connectivity index (χ3n) is 6.77. The molecule has 11 nitrogen and oxygen atoms in total. The first-order valence-electron chi connectivity index (χ1n) is 13.2. The van der Waals surface area contributed by atoms with Crippen LogP contribution in [-0.2, 0) is 22.5 Å². The summed E-state index contributed by atoms with van der Waals surface area (Å²) in [6, 6.07) is 1.41. The molecule has 0 amide bonds. The van der Waals surface area contributed by atoms with Crippen LogP contribution in [0.4, 0.5) is 24.7 Å². The van der Waals surface area contributed by atoms with Crippen molar-refractivity contribution in [1.82, 2.24) is 30.2 Å². The van der Waals surface area contributed by atoms with Crippen LogP contribution in [0.25, 0.3) is 11.4 Å². The monoisotopic (exact) mass is 604 g/mol. The van der Waals surface area contributed by atoms with Crippen molar-refractivity contribution >= 4 is 34.8 Å². The van der Waals surface area contributed by atoms with Gasteiger partial charge in [0.2, 0.25) is 5.88 Å². The first kappa shape index (κ1) is 31.1. The summed E-state index contributed by atoms with van der Waals surface area (Å²) in [7, 11) is 2.68. The smallest absolute Gasteiger partial charge is 0.408 e. The molecule has 1 aliphatic rings. The minimum absolute atomic E-state index is 0.0163. The van der Waals surface area contributed by atoms with Crippen molar-refractivity contribution in [2.75, 3.05) is 24.8 Å². The Hall–Kier alpha value is -3.85. The summed E-state index contributed by atoms with van der Waals surface area (Å²) in [6.45, 7) is 4.46. The summed E-state index contributed by atoms with van der Waals surface area (Å²) < 4.78 is 58.9. The van der Waals surface area contributed by atoms with Crippen LogP contribution >= 0.6 is 0 Å². The lowest BCUT2D eigenvalue weighted by atomic mass is 10.1. The van der Waals surface area contributed by atoms with Gasteiger partial charge in [-0.2, -0.15) is 13.2 Å². The number of carbonyl (C=O) groups excluding carboxylic acids is 1. The number of methoxy groups -OCH3 is 1. The second-order valence-corrected chi connectivity index (χ2v) is 11.4. The van der Waals surface area contributed by atoms with Crippen molar-refractivity contribution < 1.29 is 27.3 Å². The molecule has 224 valence electrons. The third kappa shape index (κ3) is 6.95. The van der Waals surface area contributed by atoms with Gasteiger partial charge in [0, 0.05) is 13.0 Å². The Bertz CT molecular complexity index is 1450. The number of rotatable bonds is 11. The van der Waals surface area contributed by atoms with E-state index in [-0.39, 0.29) is 47.2 Å². The topological polar surface area (TPSA) is 141 Å². The molecule has 1 saturated carbocycles. The number of aliphatic imine (C=N–C) groups is 1. The first-order valence-corrected chi connectivity index (χ1v) is 14.5. The van der Waals surface area contributed by atoms with E-state index >= 15 is 0 Å². The Morgan fingerprint density at radius 1 is 1.29 bits per heavy atom. The lowest BCUT2D eigenvalue weighted by molar-refractivity contribution is -0.144. The zero-order valence-electron chi connectivity index (χ0n) is 23.8. The molecule has 3 aromatic rings. The number of hydrogen-bond acceptors (Lipinski definition) is 10. The standard InChI is InChI=1S/C27H31F3N8O3S/c1-6-42(40)19-10-9-18(31-12-19)11-32-20(13-39)36-22-15(2)35-24(37-25(22)38(4)16(3)27(28,29)30)21-23(17-7-8-17)33-14-34-26(21)41-5/h9-10,12-14,16-17H,6-8,11H2,1-5H3,(H,32,36)/t16-,42?/m0/s1. The minimum atomic E-state index is -4.58. The highest BCUT2D eigenvalue weighted by atomic mass is 32.2. The maximum Gasteiger partial charge on any atom is 0.408 e. The fourth-order valence-electron chi connectivity index (χ4n) is 4.08. The van der Waals surface area contributed by atoms with E-state index in [4.69, 9.17) is 4.74 Å². The molecule has 0 bridgehead atoms. The van der Waals surface area contributed by atoms with E-state index in [1.165, 1.54) is 26.7 Å². The van der Waals surface area contributed by atoms with Gasteiger partial charge < -0.3 is 19.5 Å². The van der Waals surface area contributed by atoms with Crippen molar-refractivity contribution in [2.24, 2.45) is 4.99 Å². The van der Waals surface area contributed by atoms with Gasteiger partial charge in [-0.1, -0.05) is 0 Å². The van der Waals surface area contributed by atoms with Crippen LogP contribution in [0.15, 0.2) is 34.5 Å². The molecule has 2 atom stereocenters. The second kappa shape index (κ2) is 13.0. The molecule has 15 heteroatoms. The molecule has 0 spiro atoms. The average Bonchev–Trinajstić information content (AvgIpc) is 3.83. The number of carbonyl (C=O) groups is 1. The predicted octanol–water partition coefficient (Wildman–Crippen LogP) is 4.06. The van der Waals surface area contributed by atoms with Gasteiger partial charge >= 0.3 is 6.18 Å². The number of aromatic nitrogens is 5. The van der Waals surface area contributed by atoms with Crippen molar-refractivity contribution in [2.45, 2.75) is 63.2 Å². The molecule has 42 heavy (non-hydrogen) atoms. The summed E-state index contributed by atoms with van der Waals surface area (Å²) in [5.41, 5.74) is 1.82. The molecule has 0 aliphatic heterocycles. The van der Waals surface area contributed by atoms with E-state index in [1.54, 1.807) is 26.0 Å². The van der Waals surface area contributed by atoms with Gasteiger partial charge in [-0.15, -0.1) is 0 Å². The number of ether oxygens (including phenoxy) is 1. The number of alkyl halides is 3. The van der Waals surface area contributed by atoms with Gasteiger partial charge in [0.1, 0.15) is 29.4 Å². The second-order valence-electron chi connectivity index (χ2n) is 9.64. The average molecular weight is 605 g/mol. The molecule has 3 heterocycles. The number of halogens is 3. The van der Waals surface area contributed by atoms with Crippen LogP contribution < -0.4 is 15.0 Å². The summed E-state index contributed by atoms with van der Waals surface area (Å²) >= 11 is -1.16. The lowest BCUT2D eigenvalue weighted by Crippen LogP contribution is -2.41. The maximum atomic E-state index is 13.8. The molecule has 1 N–H and O–H groups in total. The highest BCUT2D eigenvalue weighted by Gasteiger charge is 2.40. The van der Waals surface area contributed by atoms with Crippen LogP contribution in [0.1, 0.15) is 49.7 Å². The van der Waals surface area contributed by atoms with Crippen molar-refractivity contribution in [3.05, 3.63) is 41.7 Å². The van der Waals surface area contributed by atoms with Crippen LogP contribution in [-0.4, -0.2) is 73.7 Å². The van der Waals surface area contributed by atoms with Crippen molar-refractivity contribution in [3.8, 4) is 17.3 Å². The number of hydrogen-bond donors (Lipinski definition) is 1. The molecule has 3 aromatic heterocycles. The van der Waals surface area contributed by atoms with Gasteiger partial charge in [-0.3, -0.25) is 9.78 Å². The van der Waals surface area contributed by atoms with E-state index in [9.17, 15) is 22.5 Å². The SMILES string of the molecule is CC[S+]([O-])c1ccc(CN/C(C=O)=N/c2c(C)nc(-c3c(OC)ncnc3C3CC3)nc2N(C)[C@@H](C)C(F)(F)F)nc1. The Morgan fingerprint density at radius 3 is 2.60 bits per heavy atom. The number of nitrogens with zero attached hydrogens (tertiary/aromatic N) is 7. The summed E-state index contributed by atoms with van der Waals surface area (Å²) in [4.78, 5) is 39.7. The quantitative estimate of drug-likeness (QED) is 0.147. The van der Waals surface area contributed by atoms with Crippen molar-refractivity contribution in [3.63, 3.8) is 0 Å². The molecule has 1 unspecified atom stereocenters. The summed E-state index contributed by atoms with van der Waals surface area (Å²) in [5.74, 6) is 0.598. The number of pyridine rings is 1. The molecular formula is C27H31F3N8O3S. The number of amidine groups is 1. The van der Waals surface area contributed by atoms with Gasteiger partial charge in [-0.05, 0) is 56.9 Å². The summed E-state index contributed by atoms with van der Waals surface area (Å²) in [5, 5.41) is 2.85. The van der Waals surface area contributed by atoms with Crippen LogP contribution in [0.3, 0.4) is 0 Å².